The molecule has 8 nitrogen and oxygen atoms in total. The Labute approximate surface area is 182 Å². The van der Waals surface area contributed by atoms with Crippen LogP contribution in [0, 0.1) is 10.1 Å². The van der Waals surface area contributed by atoms with Crippen LogP contribution in [0.4, 0.5) is 11.4 Å². The fourth-order valence-corrected chi connectivity index (χ4v) is 3.98. The second-order valence-corrected chi connectivity index (χ2v) is 7.50. The van der Waals surface area contributed by atoms with Gasteiger partial charge in [-0.1, -0.05) is 18.2 Å². The Kier molecular flexibility index (Phi) is 5.85. The number of nitro benzene ring substituents is 1. The molecule has 0 saturated carbocycles. The zero-order valence-corrected chi connectivity index (χ0v) is 17.2. The predicted molar refractivity (Wildman–Crippen MR) is 118 cm³/mol. The monoisotopic (exact) mass is 435 g/mol. The number of carbonyl (C=O) groups excluding carboxylic acids is 1. The lowest BCUT2D eigenvalue weighted by atomic mass is 10.1. The Morgan fingerprint density at radius 1 is 1.19 bits per heavy atom. The van der Waals surface area contributed by atoms with E-state index in [0.717, 1.165) is 0 Å². The Balaban J connectivity index is 1.74. The lowest BCUT2D eigenvalue weighted by molar-refractivity contribution is -0.384. The van der Waals surface area contributed by atoms with E-state index < -0.39 is 4.92 Å². The number of methoxy groups -OCH3 is 1. The van der Waals surface area contributed by atoms with E-state index in [-0.39, 0.29) is 18.1 Å². The van der Waals surface area contributed by atoms with E-state index in [4.69, 9.17) is 9.15 Å². The molecule has 0 spiro atoms. The van der Waals surface area contributed by atoms with Crippen molar-refractivity contribution in [3.05, 3.63) is 93.3 Å². The van der Waals surface area contributed by atoms with Gasteiger partial charge in [-0.05, 0) is 48.2 Å². The smallest absolute Gasteiger partial charge is 0.270 e. The van der Waals surface area contributed by atoms with Crippen molar-refractivity contribution in [3.8, 4) is 5.75 Å². The van der Waals surface area contributed by atoms with E-state index in [2.05, 4.69) is 4.99 Å². The van der Waals surface area contributed by atoms with Gasteiger partial charge in [0.15, 0.2) is 5.17 Å². The van der Waals surface area contributed by atoms with Gasteiger partial charge in [0.2, 0.25) is 0 Å². The SMILES string of the molecule is COc1ccc([N+](=O)[O-])cc1/C=C1\SC(=Nc2ccccc2)N(Cc2ccco2)C1=O. The summed E-state index contributed by atoms with van der Waals surface area (Å²) in [6.45, 7) is 0.216. The molecule has 4 rings (SSSR count). The number of ether oxygens (including phenoxy) is 1. The molecule has 0 N–H and O–H groups in total. The summed E-state index contributed by atoms with van der Waals surface area (Å²) in [4.78, 5) is 30.4. The van der Waals surface area contributed by atoms with E-state index in [1.54, 1.807) is 24.5 Å². The largest absolute Gasteiger partial charge is 0.496 e. The number of para-hydroxylation sites is 1. The van der Waals surface area contributed by atoms with E-state index in [1.165, 1.54) is 42.0 Å². The van der Waals surface area contributed by atoms with Crippen LogP contribution in [-0.2, 0) is 11.3 Å². The highest BCUT2D eigenvalue weighted by Crippen LogP contribution is 2.37. The molecule has 1 aliphatic rings. The molecule has 0 aliphatic carbocycles. The number of hydrogen-bond acceptors (Lipinski definition) is 7. The molecule has 1 aliphatic heterocycles. The van der Waals surface area contributed by atoms with Gasteiger partial charge in [-0.15, -0.1) is 0 Å². The molecule has 2 aromatic carbocycles. The molecule has 0 atom stereocenters. The van der Waals surface area contributed by atoms with Gasteiger partial charge in [0, 0.05) is 17.7 Å². The second kappa shape index (κ2) is 8.88. The maximum absolute atomic E-state index is 13.2. The molecule has 0 unspecified atom stereocenters. The Bertz CT molecular complexity index is 1170. The number of carbonyl (C=O) groups is 1. The minimum absolute atomic E-state index is 0.0892. The van der Waals surface area contributed by atoms with Gasteiger partial charge < -0.3 is 9.15 Å². The van der Waals surface area contributed by atoms with Crippen molar-refractivity contribution in [1.82, 2.24) is 4.90 Å². The van der Waals surface area contributed by atoms with Crippen LogP contribution in [-0.4, -0.2) is 28.0 Å². The standard InChI is InChI=1S/C22H17N3O5S/c1-29-19-10-9-17(25(27)28)12-15(19)13-20-21(26)24(14-18-8-5-11-30-18)22(31-20)23-16-6-3-2-4-7-16/h2-13H,14H2,1H3/b20-13-,23-22?. The summed E-state index contributed by atoms with van der Waals surface area (Å²) in [6.07, 6.45) is 3.13. The average molecular weight is 435 g/mol. The van der Waals surface area contributed by atoms with Crippen molar-refractivity contribution in [3.63, 3.8) is 0 Å². The number of hydrogen-bond donors (Lipinski definition) is 0. The van der Waals surface area contributed by atoms with Crippen LogP contribution < -0.4 is 4.74 Å². The highest BCUT2D eigenvalue weighted by atomic mass is 32.2. The fourth-order valence-electron chi connectivity index (χ4n) is 2.99. The minimum Gasteiger partial charge on any atom is -0.496 e. The zero-order valence-electron chi connectivity index (χ0n) is 16.4. The average Bonchev–Trinajstić information content (AvgIpc) is 3.39. The van der Waals surface area contributed by atoms with Crippen molar-refractivity contribution in [1.29, 1.82) is 0 Å². The molecular weight excluding hydrogens is 418 g/mol. The number of rotatable bonds is 6. The third-order valence-electron chi connectivity index (χ3n) is 4.47. The third-order valence-corrected chi connectivity index (χ3v) is 5.48. The van der Waals surface area contributed by atoms with E-state index >= 15 is 0 Å². The predicted octanol–water partition coefficient (Wildman–Crippen LogP) is 5.00. The fraction of sp³-hybridized carbons (Fsp3) is 0.0909. The number of thioether (sulfide) groups is 1. The number of aliphatic imine (C=N–C) groups is 1. The molecule has 0 bridgehead atoms. The van der Waals surface area contributed by atoms with Gasteiger partial charge in [0.1, 0.15) is 11.5 Å². The Morgan fingerprint density at radius 3 is 2.68 bits per heavy atom. The van der Waals surface area contributed by atoms with Crippen molar-refractivity contribution < 1.29 is 18.9 Å². The van der Waals surface area contributed by atoms with Crippen LogP contribution in [0.25, 0.3) is 6.08 Å². The first-order chi connectivity index (χ1) is 15.0. The minimum atomic E-state index is -0.490. The van der Waals surface area contributed by atoms with E-state index in [1.807, 2.05) is 30.3 Å². The normalized spacial score (nSPS) is 16.3. The van der Waals surface area contributed by atoms with Crippen molar-refractivity contribution in [2.24, 2.45) is 4.99 Å². The summed E-state index contributed by atoms with van der Waals surface area (Å²) >= 11 is 1.19. The summed E-state index contributed by atoms with van der Waals surface area (Å²) in [7, 11) is 1.47. The first-order valence-electron chi connectivity index (χ1n) is 9.25. The van der Waals surface area contributed by atoms with E-state index in [9.17, 15) is 14.9 Å². The van der Waals surface area contributed by atoms with Crippen LogP contribution in [0.15, 0.2) is 81.2 Å². The number of amidine groups is 1. The van der Waals surface area contributed by atoms with E-state index in [0.29, 0.717) is 32.8 Å². The summed E-state index contributed by atoms with van der Waals surface area (Å²) < 4.78 is 10.7. The summed E-state index contributed by atoms with van der Waals surface area (Å²) in [5.74, 6) is 0.770. The number of nitrogens with zero attached hydrogens (tertiary/aromatic N) is 3. The second-order valence-electron chi connectivity index (χ2n) is 6.49. The molecule has 1 saturated heterocycles. The van der Waals surface area contributed by atoms with Gasteiger partial charge in [-0.2, -0.15) is 0 Å². The Morgan fingerprint density at radius 2 is 2.00 bits per heavy atom. The van der Waals surface area contributed by atoms with Crippen LogP contribution in [0.3, 0.4) is 0 Å². The highest BCUT2D eigenvalue weighted by Gasteiger charge is 2.34. The van der Waals surface area contributed by atoms with Gasteiger partial charge in [-0.3, -0.25) is 19.8 Å². The number of benzene rings is 2. The molecule has 0 radical (unpaired) electrons. The van der Waals surface area contributed by atoms with Gasteiger partial charge in [0.25, 0.3) is 11.6 Å². The van der Waals surface area contributed by atoms with Crippen LogP contribution in [0.5, 0.6) is 5.75 Å². The van der Waals surface area contributed by atoms with Crippen molar-refractivity contribution >= 4 is 40.3 Å². The highest BCUT2D eigenvalue weighted by molar-refractivity contribution is 8.18. The quantitative estimate of drug-likeness (QED) is 0.307. The van der Waals surface area contributed by atoms with Crippen LogP contribution in [0.1, 0.15) is 11.3 Å². The van der Waals surface area contributed by atoms with Crippen molar-refractivity contribution in [2.45, 2.75) is 6.54 Å². The first kappa shape index (κ1) is 20.4. The topological polar surface area (TPSA) is 98.2 Å². The van der Waals surface area contributed by atoms with Gasteiger partial charge in [-0.25, -0.2) is 4.99 Å². The third kappa shape index (κ3) is 4.51. The number of nitro groups is 1. The molecule has 1 aromatic heterocycles. The lowest BCUT2D eigenvalue weighted by Crippen LogP contribution is -2.28. The number of amides is 1. The van der Waals surface area contributed by atoms with Gasteiger partial charge >= 0.3 is 0 Å². The summed E-state index contributed by atoms with van der Waals surface area (Å²) in [6, 6.07) is 17.1. The van der Waals surface area contributed by atoms with Crippen molar-refractivity contribution in [2.75, 3.05) is 7.11 Å². The molecule has 1 fully saturated rings. The summed E-state index contributed by atoms with van der Waals surface area (Å²) in [5.41, 5.74) is 1.05. The van der Waals surface area contributed by atoms with Crippen LogP contribution >= 0.6 is 11.8 Å². The number of furan rings is 1. The van der Waals surface area contributed by atoms with Gasteiger partial charge in [0.05, 0.1) is 35.4 Å². The maximum Gasteiger partial charge on any atom is 0.270 e. The Hall–Kier alpha value is -3.85. The molecule has 31 heavy (non-hydrogen) atoms. The molecule has 2 heterocycles. The first-order valence-corrected chi connectivity index (χ1v) is 10.1. The number of non-ortho nitro benzene ring substituents is 1. The summed E-state index contributed by atoms with van der Waals surface area (Å²) in [5, 5.41) is 11.7. The molecule has 9 heteroatoms. The molecule has 1 amide bonds. The maximum atomic E-state index is 13.2. The zero-order chi connectivity index (χ0) is 21.8. The lowest BCUT2D eigenvalue weighted by Gasteiger charge is -2.13. The molecule has 156 valence electrons. The van der Waals surface area contributed by atoms with Crippen LogP contribution in [0.2, 0.25) is 0 Å². The molecular formula is C22H17N3O5S. The molecule has 3 aromatic rings.